The van der Waals surface area contributed by atoms with Crippen molar-refractivity contribution in [2.45, 2.75) is 69.5 Å². The molecule has 0 radical (unpaired) electrons. The molecule has 172 valence electrons. The number of aliphatic carboxylic acids is 1. The van der Waals surface area contributed by atoms with E-state index in [9.17, 15) is 19.5 Å². The molecule has 2 saturated carbocycles. The minimum Gasteiger partial charge on any atom is -0.481 e. The second kappa shape index (κ2) is 8.32. The molecule has 2 amide bonds. The third-order valence-electron chi connectivity index (χ3n) is 7.68. The summed E-state index contributed by atoms with van der Waals surface area (Å²) >= 11 is 0. The Morgan fingerprint density at radius 2 is 1.70 bits per heavy atom. The number of hydrogen-bond acceptors (Lipinski definition) is 3. The van der Waals surface area contributed by atoms with Crippen LogP contribution in [0.5, 0.6) is 0 Å². The zero-order valence-corrected chi connectivity index (χ0v) is 18.9. The highest BCUT2D eigenvalue weighted by Gasteiger charge is 2.55. The van der Waals surface area contributed by atoms with Crippen molar-refractivity contribution < 1.29 is 19.5 Å². The highest BCUT2D eigenvalue weighted by Crippen LogP contribution is 2.55. The van der Waals surface area contributed by atoms with E-state index in [0.717, 1.165) is 43.4 Å². The van der Waals surface area contributed by atoms with Crippen LogP contribution in [0.15, 0.2) is 54.6 Å². The van der Waals surface area contributed by atoms with Crippen LogP contribution >= 0.6 is 0 Å². The Balaban J connectivity index is 1.59. The smallest absolute Gasteiger partial charge is 0.303 e. The summed E-state index contributed by atoms with van der Waals surface area (Å²) < 4.78 is 0. The average Bonchev–Trinajstić information content (AvgIpc) is 3.37. The van der Waals surface area contributed by atoms with Crippen molar-refractivity contribution in [3.63, 3.8) is 0 Å². The van der Waals surface area contributed by atoms with E-state index >= 15 is 0 Å². The number of benzene rings is 2. The van der Waals surface area contributed by atoms with Crippen LogP contribution in [0.1, 0.15) is 73.8 Å². The first kappa shape index (κ1) is 21.7. The highest BCUT2D eigenvalue weighted by molar-refractivity contribution is 6.07. The van der Waals surface area contributed by atoms with Crippen molar-refractivity contribution in [1.29, 1.82) is 0 Å². The molecule has 1 N–H and O–H groups in total. The number of carboxylic acid groups (broad SMARTS) is 1. The zero-order valence-electron chi connectivity index (χ0n) is 18.9. The van der Waals surface area contributed by atoms with Crippen molar-refractivity contribution >= 4 is 23.5 Å². The molecule has 0 spiro atoms. The van der Waals surface area contributed by atoms with Crippen molar-refractivity contribution in [3.05, 3.63) is 65.7 Å². The van der Waals surface area contributed by atoms with Crippen LogP contribution in [-0.4, -0.2) is 39.4 Å². The maximum atomic E-state index is 13.7. The number of anilines is 1. The lowest BCUT2D eigenvalue weighted by molar-refractivity contribution is -0.144. The first-order chi connectivity index (χ1) is 15.9. The molecule has 2 fully saturated rings. The van der Waals surface area contributed by atoms with E-state index < -0.39 is 5.97 Å². The summed E-state index contributed by atoms with van der Waals surface area (Å²) in [7, 11) is 0. The molecule has 0 aromatic heterocycles. The molecule has 0 unspecified atom stereocenters. The molecule has 0 saturated heterocycles. The zero-order chi connectivity index (χ0) is 23.2. The van der Waals surface area contributed by atoms with Gasteiger partial charge in [0.05, 0.1) is 12.5 Å². The van der Waals surface area contributed by atoms with Gasteiger partial charge < -0.3 is 14.9 Å². The van der Waals surface area contributed by atoms with Gasteiger partial charge in [-0.15, -0.1) is 0 Å². The number of fused-ring (bicyclic) bond motifs is 2. The van der Waals surface area contributed by atoms with E-state index in [2.05, 4.69) is 6.92 Å². The molecule has 1 heterocycles. The summed E-state index contributed by atoms with van der Waals surface area (Å²) in [4.78, 5) is 42.3. The minimum atomic E-state index is -0.952. The molecule has 33 heavy (non-hydrogen) atoms. The molecule has 6 heteroatoms. The van der Waals surface area contributed by atoms with Crippen LogP contribution in [-0.2, 0) is 9.59 Å². The van der Waals surface area contributed by atoms with Gasteiger partial charge in [0.2, 0.25) is 5.91 Å². The molecular weight excluding hydrogens is 416 g/mol. The molecule has 1 aliphatic heterocycles. The van der Waals surface area contributed by atoms with Crippen molar-refractivity contribution in [3.8, 4) is 0 Å². The van der Waals surface area contributed by atoms with E-state index in [1.807, 2.05) is 64.4 Å². The molecule has 0 bridgehead atoms. The van der Waals surface area contributed by atoms with Gasteiger partial charge in [-0.3, -0.25) is 14.4 Å². The summed E-state index contributed by atoms with van der Waals surface area (Å²) in [5.74, 6) is -0.907. The van der Waals surface area contributed by atoms with E-state index in [1.54, 1.807) is 0 Å². The number of amides is 2. The molecule has 3 atom stereocenters. The fraction of sp³-hybridized carbons (Fsp3) is 0.444. The second-order valence-electron chi connectivity index (χ2n) is 9.86. The fourth-order valence-electron chi connectivity index (χ4n) is 5.88. The number of carboxylic acids is 1. The largest absolute Gasteiger partial charge is 0.481 e. The quantitative estimate of drug-likeness (QED) is 0.691. The van der Waals surface area contributed by atoms with Gasteiger partial charge in [0, 0.05) is 35.2 Å². The third kappa shape index (κ3) is 3.81. The van der Waals surface area contributed by atoms with E-state index in [4.69, 9.17) is 0 Å². The maximum Gasteiger partial charge on any atom is 0.303 e. The molecular formula is C27H30N2O4. The topological polar surface area (TPSA) is 77.9 Å². The number of rotatable bonds is 6. The predicted octanol–water partition coefficient (Wildman–Crippen LogP) is 4.80. The van der Waals surface area contributed by atoms with Crippen LogP contribution in [0.25, 0.3) is 0 Å². The van der Waals surface area contributed by atoms with Gasteiger partial charge in [-0.05, 0) is 56.4 Å². The van der Waals surface area contributed by atoms with Crippen molar-refractivity contribution in [2.75, 3.05) is 4.90 Å². The Morgan fingerprint density at radius 3 is 2.39 bits per heavy atom. The van der Waals surface area contributed by atoms with Crippen LogP contribution < -0.4 is 4.90 Å². The predicted molar refractivity (Wildman–Crippen MR) is 125 cm³/mol. The molecule has 5 rings (SSSR count). The van der Waals surface area contributed by atoms with Gasteiger partial charge in [0.1, 0.15) is 0 Å². The summed E-state index contributed by atoms with van der Waals surface area (Å²) in [6.07, 6.45) is 4.55. The summed E-state index contributed by atoms with van der Waals surface area (Å²) in [5, 5.41) is 9.17. The van der Waals surface area contributed by atoms with E-state index in [0.29, 0.717) is 5.56 Å². The third-order valence-corrected chi connectivity index (χ3v) is 7.68. The van der Waals surface area contributed by atoms with Gasteiger partial charge in [-0.2, -0.15) is 0 Å². The number of carbonyl (C=O) groups excluding carboxylic acids is 2. The highest BCUT2D eigenvalue weighted by atomic mass is 16.4. The summed E-state index contributed by atoms with van der Waals surface area (Å²) in [6, 6.07) is 17.2. The van der Waals surface area contributed by atoms with Crippen LogP contribution in [0.3, 0.4) is 0 Å². The van der Waals surface area contributed by atoms with Gasteiger partial charge in [-0.25, -0.2) is 0 Å². The standard InChI is InChI=1S/C27H30N2O4/c1-27(16-17-27)29(23(30)14-15-24(31)32)25-19-10-5-6-12-21(19)28(22-13-7-11-20(22)25)26(33)18-8-3-2-4-9-18/h2-6,8-10,12,20,22,25H,7,11,13-17H2,1H3,(H,31,32)/t20-,22+,25-/m0/s1. The first-order valence-corrected chi connectivity index (χ1v) is 11.9. The monoisotopic (exact) mass is 446 g/mol. The number of para-hydroxylation sites is 1. The minimum absolute atomic E-state index is 0.000197. The molecule has 6 nitrogen and oxygen atoms in total. The Labute approximate surface area is 194 Å². The van der Waals surface area contributed by atoms with Gasteiger partial charge in [-0.1, -0.05) is 42.8 Å². The van der Waals surface area contributed by atoms with Gasteiger partial charge in [0.15, 0.2) is 0 Å². The normalized spacial score (nSPS) is 24.5. The lowest BCUT2D eigenvalue weighted by Crippen LogP contribution is -2.54. The van der Waals surface area contributed by atoms with Crippen LogP contribution in [0, 0.1) is 5.92 Å². The SMILES string of the molecule is CC1(N(C(=O)CCC(=O)O)[C@H]2c3ccccc3N(C(=O)c3ccccc3)[C@@H]3CCC[C@@H]32)CC1. The summed E-state index contributed by atoms with van der Waals surface area (Å²) in [6.45, 7) is 2.11. The molecule has 2 aliphatic carbocycles. The maximum absolute atomic E-state index is 13.7. The fourth-order valence-corrected chi connectivity index (χ4v) is 5.88. The lowest BCUT2D eigenvalue weighted by Gasteiger charge is -2.49. The number of nitrogens with zero attached hydrogens (tertiary/aromatic N) is 2. The average molecular weight is 447 g/mol. The Morgan fingerprint density at radius 1 is 1.00 bits per heavy atom. The van der Waals surface area contributed by atoms with Crippen molar-refractivity contribution in [2.24, 2.45) is 5.92 Å². The van der Waals surface area contributed by atoms with Gasteiger partial charge >= 0.3 is 5.97 Å². The molecule has 2 aromatic carbocycles. The van der Waals surface area contributed by atoms with Crippen molar-refractivity contribution in [1.82, 2.24) is 4.90 Å². The van der Waals surface area contributed by atoms with E-state index in [-0.39, 0.29) is 48.2 Å². The second-order valence-corrected chi connectivity index (χ2v) is 9.86. The van der Waals surface area contributed by atoms with Gasteiger partial charge in [0.25, 0.3) is 5.91 Å². The Hall–Kier alpha value is -3.15. The Bertz CT molecular complexity index is 1080. The van der Waals surface area contributed by atoms with Crippen LogP contribution in [0.2, 0.25) is 0 Å². The molecule has 2 aromatic rings. The number of carbonyl (C=O) groups is 3. The number of hydrogen-bond donors (Lipinski definition) is 1. The molecule has 3 aliphatic rings. The summed E-state index contributed by atoms with van der Waals surface area (Å²) in [5.41, 5.74) is 2.30. The van der Waals surface area contributed by atoms with Crippen LogP contribution in [0.4, 0.5) is 5.69 Å². The Kier molecular flexibility index (Phi) is 5.47. The van der Waals surface area contributed by atoms with E-state index in [1.165, 1.54) is 0 Å². The first-order valence-electron chi connectivity index (χ1n) is 11.9. The lowest BCUT2D eigenvalue weighted by atomic mass is 9.80.